The number of carbonyl (C=O) groups is 1. The molecule has 1 fully saturated rings. The van der Waals surface area contributed by atoms with Crippen LogP contribution in [-0.4, -0.2) is 51.9 Å². The average Bonchev–Trinajstić information content (AvgIpc) is 2.80. The molecule has 1 aromatic rings. The molecule has 0 bridgehead atoms. The number of carbonyl (C=O) groups excluding carboxylic acids is 1. The zero-order valence-corrected chi connectivity index (χ0v) is 10.9. The summed E-state index contributed by atoms with van der Waals surface area (Å²) in [5.74, 6) is -0.0312. The molecule has 2 rings (SSSR count). The van der Waals surface area contributed by atoms with Gasteiger partial charge in [0.15, 0.2) is 0 Å². The normalized spacial score (nSPS) is 21.1. The number of ether oxygens (including phenoxy) is 1. The van der Waals surface area contributed by atoms with Crippen LogP contribution in [0.15, 0.2) is 18.5 Å². The van der Waals surface area contributed by atoms with Crippen molar-refractivity contribution in [1.29, 1.82) is 0 Å². The van der Waals surface area contributed by atoms with Crippen LogP contribution in [0.5, 0.6) is 0 Å². The van der Waals surface area contributed by atoms with Gasteiger partial charge in [0.1, 0.15) is 0 Å². The molecule has 0 aliphatic carbocycles. The highest BCUT2D eigenvalue weighted by Gasteiger charge is 2.31. The summed E-state index contributed by atoms with van der Waals surface area (Å²) in [6.45, 7) is 5.84. The molecular weight excluding hydrogens is 232 g/mol. The molecule has 0 aromatic carbocycles. The largest absolute Gasteiger partial charge is 0.373 e. The van der Waals surface area contributed by atoms with Gasteiger partial charge < -0.3 is 15.4 Å². The van der Waals surface area contributed by atoms with E-state index in [1.807, 2.05) is 16.9 Å². The van der Waals surface area contributed by atoms with Crippen LogP contribution in [0.2, 0.25) is 0 Å². The third kappa shape index (κ3) is 3.08. The second-order valence-corrected chi connectivity index (χ2v) is 5.19. The molecule has 1 unspecified atom stereocenters. The molecular formula is C12H20N4O2. The van der Waals surface area contributed by atoms with E-state index in [4.69, 9.17) is 10.5 Å². The summed E-state index contributed by atoms with van der Waals surface area (Å²) in [7, 11) is 0. The van der Waals surface area contributed by atoms with Crippen LogP contribution in [0, 0.1) is 0 Å². The van der Waals surface area contributed by atoms with Gasteiger partial charge in [-0.1, -0.05) is 0 Å². The topological polar surface area (TPSA) is 73.4 Å². The van der Waals surface area contributed by atoms with Crippen molar-refractivity contribution in [2.24, 2.45) is 5.73 Å². The van der Waals surface area contributed by atoms with Gasteiger partial charge >= 0.3 is 0 Å². The Kier molecular flexibility index (Phi) is 3.68. The van der Waals surface area contributed by atoms with Crippen LogP contribution in [0.1, 0.15) is 13.8 Å². The van der Waals surface area contributed by atoms with Gasteiger partial charge in [-0.2, -0.15) is 5.10 Å². The van der Waals surface area contributed by atoms with Crippen molar-refractivity contribution >= 4 is 5.91 Å². The SMILES string of the molecule is CC(C)(N)C(=O)N1CCOC(Cn2cccn2)C1. The summed E-state index contributed by atoms with van der Waals surface area (Å²) in [4.78, 5) is 13.9. The third-order valence-corrected chi connectivity index (χ3v) is 2.93. The zero-order chi connectivity index (χ0) is 13.2. The Balaban J connectivity index is 1.94. The predicted octanol–water partition coefficient (Wildman–Crippen LogP) is -0.152. The van der Waals surface area contributed by atoms with E-state index >= 15 is 0 Å². The molecule has 1 saturated heterocycles. The van der Waals surface area contributed by atoms with Crippen molar-refractivity contribution < 1.29 is 9.53 Å². The van der Waals surface area contributed by atoms with Crippen LogP contribution in [-0.2, 0) is 16.1 Å². The molecule has 6 heteroatoms. The summed E-state index contributed by atoms with van der Waals surface area (Å²) in [5, 5.41) is 4.14. The molecule has 1 aliphatic rings. The predicted molar refractivity (Wildman–Crippen MR) is 66.8 cm³/mol. The lowest BCUT2D eigenvalue weighted by atomic mass is 10.0. The van der Waals surface area contributed by atoms with Gasteiger partial charge in [-0.15, -0.1) is 0 Å². The number of aromatic nitrogens is 2. The van der Waals surface area contributed by atoms with E-state index in [0.29, 0.717) is 26.2 Å². The van der Waals surface area contributed by atoms with Gasteiger partial charge in [0, 0.05) is 25.5 Å². The molecule has 18 heavy (non-hydrogen) atoms. The summed E-state index contributed by atoms with van der Waals surface area (Å²) in [6.07, 6.45) is 3.59. The monoisotopic (exact) mass is 252 g/mol. The number of hydrogen-bond acceptors (Lipinski definition) is 4. The highest BCUT2D eigenvalue weighted by Crippen LogP contribution is 2.12. The molecule has 0 saturated carbocycles. The van der Waals surface area contributed by atoms with Gasteiger partial charge in [-0.25, -0.2) is 0 Å². The van der Waals surface area contributed by atoms with Crippen LogP contribution in [0.25, 0.3) is 0 Å². The molecule has 0 radical (unpaired) electrons. The van der Waals surface area contributed by atoms with Crippen molar-refractivity contribution in [1.82, 2.24) is 14.7 Å². The van der Waals surface area contributed by atoms with Gasteiger partial charge in [-0.05, 0) is 19.9 Å². The fourth-order valence-electron chi connectivity index (χ4n) is 2.04. The van der Waals surface area contributed by atoms with Crippen molar-refractivity contribution in [2.45, 2.75) is 32.0 Å². The Bertz CT molecular complexity index is 397. The fraction of sp³-hybridized carbons (Fsp3) is 0.667. The maximum Gasteiger partial charge on any atom is 0.242 e. The van der Waals surface area contributed by atoms with Gasteiger partial charge in [0.25, 0.3) is 0 Å². The zero-order valence-electron chi connectivity index (χ0n) is 10.9. The third-order valence-electron chi connectivity index (χ3n) is 2.93. The van der Waals surface area contributed by atoms with Gasteiger partial charge in [0.05, 0.1) is 24.8 Å². The number of morpholine rings is 1. The second-order valence-electron chi connectivity index (χ2n) is 5.19. The Morgan fingerprint density at radius 3 is 3.00 bits per heavy atom. The van der Waals surface area contributed by atoms with E-state index in [1.54, 1.807) is 24.9 Å². The Morgan fingerprint density at radius 1 is 1.61 bits per heavy atom. The van der Waals surface area contributed by atoms with E-state index in [0.717, 1.165) is 0 Å². The maximum absolute atomic E-state index is 12.1. The molecule has 2 N–H and O–H groups in total. The van der Waals surface area contributed by atoms with E-state index in [-0.39, 0.29) is 12.0 Å². The summed E-state index contributed by atoms with van der Waals surface area (Å²) >= 11 is 0. The van der Waals surface area contributed by atoms with Crippen molar-refractivity contribution in [3.63, 3.8) is 0 Å². The van der Waals surface area contributed by atoms with E-state index < -0.39 is 5.54 Å². The summed E-state index contributed by atoms with van der Waals surface area (Å²) in [5.41, 5.74) is 5.02. The number of nitrogens with two attached hydrogens (primary N) is 1. The van der Waals surface area contributed by atoms with Crippen LogP contribution in [0.3, 0.4) is 0 Å². The Morgan fingerprint density at radius 2 is 2.39 bits per heavy atom. The highest BCUT2D eigenvalue weighted by atomic mass is 16.5. The minimum atomic E-state index is -0.826. The second kappa shape index (κ2) is 5.07. The van der Waals surface area contributed by atoms with Crippen molar-refractivity contribution in [3.8, 4) is 0 Å². The van der Waals surface area contributed by atoms with Gasteiger partial charge in [0.2, 0.25) is 5.91 Å². The number of hydrogen-bond donors (Lipinski definition) is 1. The minimum Gasteiger partial charge on any atom is -0.373 e. The van der Waals surface area contributed by atoms with E-state index in [2.05, 4.69) is 5.10 Å². The molecule has 1 aromatic heterocycles. The lowest BCUT2D eigenvalue weighted by Gasteiger charge is -2.36. The number of nitrogens with zero attached hydrogens (tertiary/aromatic N) is 3. The molecule has 6 nitrogen and oxygen atoms in total. The molecule has 2 heterocycles. The summed E-state index contributed by atoms with van der Waals surface area (Å²) < 4.78 is 7.46. The first-order chi connectivity index (χ1) is 8.47. The smallest absolute Gasteiger partial charge is 0.242 e. The first-order valence-corrected chi connectivity index (χ1v) is 6.14. The van der Waals surface area contributed by atoms with Crippen LogP contribution < -0.4 is 5.73 Å². The standard InChI is InChI=1S/C12H20N4O2/c1-12(2,13)11(17)15-6-7-18-10(8-15)9-16-5-3-4-14-16/h3-5,10H,6-9,13H2,1-2H3. The molecule has 1 atom stereocenters. The van der Waals surface area contributed by atoms with E-state index in [1.165, 1.54) is 0 Å². The lowest BCUT2D eigenvalue weighted by Crippen LogP contribution is -2.56. The van der Waals surface area contributed by atoms with Crippen molar-refractivity contribution in [3.05, 3.63) is 18.5 Å². The Labute approximate surface area is 107 Å². The first kappa shape index (κ1) is 13.0. The first-order valence-electron chi connectivity index (χ1n) is 6.14. The minimum absolute atomic E-state index is 0.0232. The van der Waals surface area contributed by atoms with Crippen LogP contribution in [0.4, 0.5) is 0 Å². The van der Waals surface area contributed by atoms with Crippen LogP contribution >= 0.6 is 0 Å². The van der Waals surface area contributed by atoms with E-state index in [9.17, 15) is 4.79 Å². The number of amides is 1. The maximum atomic E-state index is 12.1. The number of rotatable bonds is 3. The molecule has 1 aliphatic heterocycles. The quantitative estimate of drug-likeness (QED) is 0.812. The Hall–Kier alpha value is -1.40. The van der Waals surface area contributed by atoms with Crippen molar-refractivity contribution in [2.75, 3.05) is 19.7 Å². The molecule has 100 valence electrons. The molecule has 0 spiro atoms. The fourth-order valence-corrected chi connectivity index (χ4v) is 2.04. The lowest BCUT2D eigenvalue weighted by molar-refractivity contribution is -0.143. The van der Waals surface area contributed by atoms with Gasteiger partial charge in [-0.3, -0.25) is 9.48 Å². The molecule has 1 amide bonds. The summed E-state index contributed by atoms with van der Waals surface area (Å²) in [6, 6.07) is 1.87. The average molecular weight is 252 g/mol. The highest BCUT2D eigenvalue weighted by molar-refractivity contribution is 5.85.